The number of anilines is 1. The summed E-state index contributed by atoms with van der Waals surface area (Å²) in [5.74, 6) is -0.126. The van der Waals surface area contributed by atoms with Crippen LogP contribution in [0.3, 0.4) is 0 Å². The maximum absolute atomic E-state index is 11.9. The van der Waals surface area contributed by atoms with E-state index >= 15 is 0 Å². The molecule has 7 heteroatoms. The van der Waals surface area contributed by atoms with E-state index in [0.717, 1.165) is 31.7 Å². The Labute approximate surface area is 120 Å². The molecule has 2 aromatic rings. The number of carboxylic acids is 1. The van der Waals surface area contributed by atoms with Crippen molar-refractivity contribution in [1.29, 1.82) is 0 Å². The fourth-order valence-electron chi connectivity index (χ4n) is 2.39. The lowest BCUT2D eigenvalue weighted by atomic mass is 10.4. The predicted molar refractivity (Wildman–Crippen MR) is 74.7 cm³/mol. The minimum absolute atomic E-state index is 0.119. The van der Waals surface area contributed by atoms with Gasteiger partial charge in [-0.3, -0.25) is 4.79 Å². The van der Waals surface area contributed by atoms with Crippen LogP contribution in [0.5, 0.6) is 0 Å². The van der Waals surface area contributed by atoms with E-state index < -0.39 is 5.97 Å². The third-order valence-electron chi connectivity index (χ3n) is 3.46. The maximum atomic E-state index is 11.9. The van der Waals surface area contributed by atoms with Gasteiger partial charge in [0.15, 0.2) is 0 Å². The van der Waals surface area contributed by atoms with Crippen molar-refractivity contribution in [3.8, 4) is 0 Å². The lowest BCUT2D eigenvalue weighted by Gasteiger charge is -2.16. The highest BCUT2D eigenvalue weighted by Crippen LogP contribution is 2.16. The first-order valence-electron chi connectivity index (χ1n) is 6.78. The van der Waals surface area contributed by atoms with Crippen LogP contribution in [0.15, 0.2) is 33.5 Å². The highest BCUT2D eigenvalue weighted by atomic mass is 16.4. The van der Waals surface area contributed by atoms with Gasteiger partial charge in [0.2, 0.25) is 5.76 Å². The van der Waals surface area contributed by atoms with Crippen LogP contribution in [0.2, 0.25) is 0 Å². The first-order valence-corrected chi connectivity index (χ1v) is 6.78. The van der Waals surface area contributed by atoms with Crippen molar-refractivity contribution in [2.75, 3.05) is 18.0 Å². The Morgan fingerprint density at radius 2 is 2.00 bits per heavy atom. The van der Waals surface area contributed by atoms with Crippen LogP contribution in [-0.2, 0) is 6.54 Å². The second-order valence-corrected chi connectivity index (χ2v) is 4.95. The van der Waals surface area contributed by atoms with Crippen LogP contribution in [0.1, 0.15) is 29.2 Å². The quantitative estimate of drug-likeness (QED) is 0.909. The monoisotopic (exact) mass is 289 g/mol. The molecular weight excluding hydrogens is 274 g/mol. The molecule has 110 valence electrons. The van der Waals surface area contributed by atoms with Crippen LogP contribution in [0.25, 0.3) is 0 Å². The number of furan rings is 1. The van der Waals surface area contributed by atoms with Crippen LogP contribution in [0, 0.1) is 0 Å². The number of carboxylic acid groups (broad SMARTS) is 1. The summed E-state index contributed by atoms with van der Waals surface area (Å²) in [6.07, 6.45) is 2.25. The Hall–Kier alpha value is -2.57. The first kappa shape index (κ1) is 13.4. The van der Waals surface area contributed by atoms with Crippen molar-refractivity contribution < 1.29 is 14.3 Å². The van der Waals surface area contributed by atoms with Gasteiger partial charge in [0.05, 0.1) is 0 Å². The molecule has 0 atom stereocenters. The molecule has 7 nitrogen and oxygen atoms in total. The fourth-order valence-corrected chi connectivity index (χ4v) is 2.39. The Bertz CT molecular complexity index is 713. The highest BCUT2D eigenvalue weighted by Gasteiger charge is 2.15. The van der Waals surface area contributed by atoms with E-state index in [2.05, 4.69) is 10.00 Å². The summed E-state index contributed by atoms with van der Waals surface area (Å²) in [6, 6.07) is 6.10. The van der Waals surface area contributed by atoms with E-state index in [1.165, 1.54) is 16.8 Å². The summed E-state index contributed by atoms with van der Waals surface area (Å²) in [5, 5.41) is 13.1. The lowest BCUT2D eigenvalue weighted by molar-refractivity contribution is 0.0660. The second-order valence-electron chi connectivity index (χ2n) is 4.95. The zero-order chi connectivity index (χ0) is 14.8. The molecule has 0 aliphatic carbocycles. The largest absolute Gasteiger partial charge is 0.475 e. The zero-order valence-corrected chi connectivity index (χ0v) is 11.4. The van der Waals surface area contributed by atoms with Gasteiger partial charge in [0, 0.05) is 19.2 Å². The molecule has 1 fully saturated rings. The van der Waals surface area contributed by atoms with Crippen LogP contribution in [0.4, 0.5) is 5.82 Å². The lowest BCUT2D eigenvalue weighted by Crippen LogP contribution is -2.27. The molecule has 1 saturated heterocycles. The van der Waals surface area contributed by atoms with Gasteiger partial charge in [0.1, 0.15) is 18.1 Å². The minimum Gasteiger partial charge on any atom is -0.475 e. The van der Waals surface area contributed by atoms with Crippen molar-refractivity contribution in [3.63, 3.8) is 0 Å². The number of aromatic nitrogens is 2. The molecule has 1 aliphatic rings. The second kappa shape index (κ2) is 5.43. The van der Waals surface area contributed by atoms with Crippen molar-refractivity contribution >= 4 is 11.8 Å². The van der Waals surface area contributed by atoms with Gasteiger partial charge < -0.3 is 14.4 Å². The van der Waals surface area contributed by atoms with Gasteiger partial charge in [-0.25, -0.2) is 9.48 Å². The van der Waals surface area contributed by atoms with Gasteiger partial charge in [0.25, 0.3) is 5.56 Å². The van der Waals surface area contributed by atoms with E-state index in [1.807, 2.05) is 0 Å². The third kappa shape index (κ3) is 2.81. The van der Waals surface area contributed by atoms with E-state index in [-0.39, 0.29) is 17.9 Å². The number of hydrogen-bond acceptors (Lipinski definition) is 5. The normalized spacial score (nSPS) is 14.6. The topological polar surface area (TPSA) is 88.6 Å². The molecule has 2 aromatic heterocycles. The maximum Gasteiger partial charge on any atom is 0.371 e. The van der Waals surface area contributed by atoms with Crippen molar-refractivity contribution in [3.05, 3.63) is 46.1 Å². The number of nitrogens with zero attached hydrogens (tertiary/aromatic N) is 3. The average molecular weight is 289 g/mol. The molecule has 1 aliphatic heterocycles. The standard InChI is InChI=1S/C14H15N3O4/c18-13-6-5-12(16-7-1-2-8-16)15-17(13)9-10-3-4-11(21-10)14(19)20/h3-6H,1-2,7-9H2,(H,19,20). The van der Waals surface area contributed by atoms with Gasteiger partial charge in [-0.2, -0.15) is 5.10 Å². The Kier molecular flexibility index (Phi) is 3.47. The summed E-state index contributed by atoms with van der Waals surface area (Å²) in [6.45, 7) is 2.00. The molecule has 0 saturated carbocycles. The van der Waals surface area contributed by atoms with Crippen molar-refractivity contribution in [2.24, 2.45) is 0 Å². The fraction of sp³-hybridized carbons (Fsp3) is 0.357. The van der Waals surface area contributed by atoms with E-state index in [1.54, 1.807) is 12.1 Å². The molecule has 0 bridgehead atoms. The van der Waals surface area contributed by atoms with Gasteiger partial charge in [-0.1, -0.05) is 0 Å². The summed E-state index contributed by atoms with van der Waals surface area (Å²) in [4.78, 5) is 24.8. The van der Waals surface area contributed by atoms with Crippen molar-refractivity contribution in [2.45, 2.75) is 19.4 Å². The summed E-state index contributed by atoms with van der Waals surface area (Å²) >= 11 is 0. The van der Waals surface area contributed by atoms with E-state index in [4.69, 9.17) is 9.52 Å². The van der Waals surface area contributed by atoms with Gasteiger partial charge in [-0.15, -0.1) is 0 Å². The Balaban J connectivity index is 1.84. The summed E-state index contributed by atoms with van der Waals surface area (Å²) in [5.41, 5.74) is -0.244. The molecule has 0 radical (unpaired) electrons. The molecule has 0 amide bonds. The third-order valence-corrected chi connectivity index (χ3v) is 3.46. The van der Waals surface area contributed by atoms with Gasteiger partial charge in [-0.05, 0) is 31.0 Å². The molecule has 3 rings (SSSR count). The molecule has 0 aromatic carbocycles. The molecule has 0 unspecified atom stereocenters. The number of aromatic carboxylic acids is 1. The summed E-state index contributed by atoms with van der Waals surface area (Å²) in [7, 11) is 0. The molecular formula is C14H15N3O4. The average Bonchev–Trinajstić information content (AvgIpc) is 3.12. The summed E-state index contributed by atoms with van der Waals surface area (Å²) < 4.78 is 6.45. The van der Waals surface area contributed by atoms with Gasteiger partial charge >= 0.3 is 5.97 Å². The number of rotatable bonds is 4. The Morgan fingerprint density at radius 1 is 1.24 bits per heavy atom. The smallest absolute Gasteiger partial charge is 0.371 e. The molecule has 3 heterocycles. The van der Waals surface area contributed by atoms with E-state index in [0.29, 0.717) is 5.76 Å². The molecule has 21 heavy (non-hydrogen) atoms. The van der Waals surface area contributed by atoms with Crippen molar-refractivity contribution in [1.82, 2.24) is 9.78 Å². The van der Waals surface area contributed by atoms with Crippen LogP contribution >= 0.6 is 0 Å². The highest BCUT2D eigenvalue weighted by molar-refractivity contribution is 5.84. The van der Waals surface area contributed by atoms with E-state index in [9.17, 15) is 9.59 Å². The molecule has 0 spiro atoms. The Morgan fingerprint density at radius 3 is 2.67 bits per heavy atom. The SMILES string of the molecule is O=C(O)c1ccc(Cn2nc(N3CCCC3)ccc2=O)o1. The minimum atomic E-state index is -1.13. The molecule has 1 N–H and O–H groups in total. The van der Waals surface area contributed by atoms with Crippen LogP contribution in [-0.4, -0.2) is 33.9 Å². The number of hydrogen-bond donors (Lipinski definition) is 1. The van der Waals surface area contributed by atoms with Crippen LogP contribution < -0.4 is 10.5 Å². The first-order chi connectivity index (χ1) is 10.1. The zero-order valence-electron chi connectivity index (χ0n) is 11.4. The predicted octanol–water partition coefficient (Wildman–Crippen LogP) is 1.18. The number of carbonyl (C=O) groups is 1.